The first kappa shape index (κ1) is 12.9. The number of ketones is 2. The Labute approximate surface area is 116 Å². The first-order chi connectivity index (χ1) is 9.35. The maximum Gasteiger partial charge on any atom is 0.194 e. The fourth-order valence-electron chi connectivity index (χ4n) is 3.49. The summed E-state index contributed by atoms with van der Waals surface area (Å²) in [4.78, 5) is 24.6. The largest absolute Gasteiger partial charge is 0.508 e. The number of benzene rings is 1. The van der Waals surface area contributed by atoms with E-state index in [-0.39, 0.29) is 28.6 Å². The summed E-state index contributed by atoms with van der Waals surface area (Å²) in [6, 6.07) is 2.72. The van der Waals surface area contributed by atoms with Crippen molar-refractivity contribution in [1.29, 1.82) is 0 Å². The second-order valence-electron chi connectivity index (χ2n) is 5.95. The molecular formula is C16H16O4. The molecule has 0 radical (unpaired) electrons. The van der Waals surface area contributed by atoms with Crippen LogP contribution in [0.2, 0.25) is 0 Å². The minimum Gasteiger partial charge on any atom is -0.508 e. The molecule has 0 bridgehead atoms. The van der Waals surface area contributed by atoms with Gasteiger partial charge in [0.2, 0.25) is 0 Å². The molecule has 2 N–H and O–H groups in total. The molecule has 1 aromatic carbocycles. The highest BCUT2D eigenvalue weighted by atomic mass is 16.3. The number of phenols is 2. The number of rotatable bonds is 0. The monoisotopic (exact) mass is 272 g/mol. The number of Topliss-reactive ketones (excluding diaryl/α,β-unsaturated/α-hetero) is 2. The average Bonchev–Trinajstić information content (AvgIpc) is 2.38. The van der Waals surface area contributed by atoms with Crippen molar-refractivity contribution in [1.82, 2.24) is 0 Å². The summed E-state index contributed by atoms with van der Waals surface area (Å²) >= 11 is 0. The molecule has 4 heteroatoms. The van der Waals surface area contributed by atoms with Crippen LogP contribution in [0, 0.1) is 5.41 Å². The van der Waals surface area contributed by atoms with Gasteiger partial charge in [-0.15, -0.1) is 0 Å². The van der Waals surface area contributed by atoms with Crippen LogP contribution in [-0.4, -0.2) is 21.8 Å². The van der Waals surface area contributed by atoms with E-state index in [2.05, 4.69) is 0 Å². The molecule has 0 aliphatic heterocycles. The molecule has 0 amide bonds. The second-order valence-corrected chi connectivity index (χ2v) is 5.95. The summed E-state index contributed by atoms with van der Waals surface area (Å²) in [5.41, 5.74) is 1.20. The van der Waals surface area contributed by atoms with Gasteiger partial charge in [-0.1, -0.05) is 6.92 Å². The molecule has 0 aromatic heterocycles. The number of carbonyl (C=O) groups excluding carboxylic acids is 2. The smallest absolute Gasteiger partial charge is 0.194 e. The van der Waals surface area contributed by atoms with E-state index in [1.54, 1.807) is 6.92 Å². The van der Waals surface area contributed by atoms with Gasteiger partial charge in [-0.3, -0.25) is 9.59 Å². The van der Waals surface area contributed by atoms with Crippen LogP contribution in [0.1, 0.15) is 42.6 Å². The Kier molecular flexibility index (Phi) is 2.55. The van der Waals surface area contributed by atoms with Crippen molar-refractivity contribution in [2.45, 2.75) is 33.1 Å². The topological polar surface area (TPSA) is 74.6 Å². The highest BCUT2D eigenvalue weighted by Gasteiger charge is 2.46. The fraction of sp³-hybridized carbons (Fsp3) is 0.375. The van der Waals surface area contributed by atoms with Gasteiger partial charge in [0, 0.05) is 23.0 Å². The predicted octanol–water partition coefficient (Wildman–Crippen LogP) is 2.52. The average molecular weight is 272 g/mol. The van der Waals surface area contributed by atoms with Gasteiger partial charge in [0.25, 0.3) is 0 Å². The Morgan fingerprint density at radius 1 is 1.15 bits per heavy atom. The molecule has 3 rings (SSSR count). The number of fused-ring (bicyclic) bond motifs is 2. The van der Waals surface area contributed by atoms with E-state index >= 15 is 0 Å². The van der Waals surface area contributed by atoms with E-state index in [1.807, 2.05) is 6.92 Å². The number of aromatic hydroxyl groups is 2. The van der Waals surface area contributed by atoms with Gasteiger partial charge < -0.3 is 10.2 Å². The zero-order valence-electron chi connectivity index (χ0n) is 11.5. The summed E-state index contributed by atoms with van der Waals surface area (Å²) in [5, 5.41) is 19.9. The lowest BCUT2D eigenvalue weighted by Gasteiger charge is -2.40. The Balaban J connectivity index is 2.32. The summed E-state index contributed by atoms with van der Waals surface area (Å²) in [5.74, 6) is -0.439. The predicted molar refractivity (Wildman–Crippen MR) is 72.9 cm³/mol. The van der Waals surface area contributed by atoms with E-state index in [1.165, 1.54) is 12.1 Å². The fourth-order valence-corrected chi connectivity index (χ4v) is 3.49. The van der Waals surface area contributed by atoms with Gasteiger partial charge in [0.15, 0.2) is 11.6 Å². The Morgan fingerprint density at radius 3 is 2.50 bits per heavy atom. The second kappa shape index (κ2) is 3.95. The lowest BCUT2D eigenvalue weighted by molar-refractivity contribution is -0.116. The molecule has 1 aromatic rings. The third-order valence-corrected chi connectivity index (χ3v) is 4.59. The molecule has 0 saturated heterocycles. The minimum absolute atomic E-state index is 0.00563. The molecule has 1 atom stereocenters. The van der Waals surface area contributed by atoms with Crippen molar-refractivity contribution >= 4 is 11.6 Å². The molecule has 0 fully saturated rings. The van der Waals surface area contributed by atoms with Crippen LogP contribution < -0.4 is 0 Å². The number of carbonyl (C=O) groups is 2. The van der Waals surface area contributed by atoms with E-state index in [0.717, 1.165) is 0 Å². The Bertz CT molecular complexity index is 684. The first-order valence-electron chi connectivity index (χ1n) is 6.68. The SMILES string of the molecule is CC1=C2C(=O)c3c(O)ccc(O)c3CC2(C)CCC1=O. The van der Waals surface area contributed by atoms with Gasteiger partial charge >= 0.3 is 0 Å². The summed E-state index contributed by atoms with van der Waals surface area (Å²) in [6.07, 6.45) is 1.49. The van der Waals surface area contributed by atoms with Gasteiger partial charge in [-0.05, 0) is 37.5 Å². The third-order valence-electron chi connectivity index (χ3n) is 4.59. The first-order valence-corrected chi connectivity index (χ1v) is 6.68. The molecule has 0 saturated carbocycles. The quantitative estimate of drug-likeness (QED) is 0.712. The van der Waals surface area contributed by atoms with Crippen LogP contribution in [0.25, 0.3) is 0 Å². The van der Waals surface area contributed by atoms with Crippen molar-refractivity contribution in [3.05, 3.63) is 34.4 Å². The van der Waals surface area contributed by atoms with E-state index in [0.29, 0.717) is 36.0 Å². The zero-order chi connectivity index (χ0) is 14.7. The van der Waals surface area contributed by atoms with Crippen LogP contribution >= 0.6 is 0 Å². The standard InChI is InChI=1S/C16H16O4/c1-8-10(17)5-6-16(2)7-9-11(18)3-4-12(19)13(9)15(20)14(8)16/h3-4,18-19H,5-7H2,1-2H3. The molecule has 1 unspecified atom stereocenters. The third kappa shape index (κ3) is 1.54. The highest BCUT2D eigenvalue weighted by molar-refractivity contribution is 6.18. The molecule has 104 valence electrons. The van der Waals surface area contributed by atoms with E-state index < -0.39 is 5.41 Å². The summed E-state index contributed by atoms with van der Waals surface area (Å²) in [6.45, 7) is 3.63. The number of phenolic OH excluding ortho intramolecular Hbond substituents is 2. The van der Waals surface area contributed by atoms with E-state index in [4.69, 9.17) is 0 Å². The summed E-state index contributed by atoms with van der Waals surface area (Å²) < 4.78 is 0. The van der Waals surface area contributed by atoms with Crippen molar-refractivity contribution in [3.8, 4) is 11.5 Å². The molecule has 4 nitrogen and oxygen atoms in total. The number of hydrogen-bond acceptors (Lipinski definition) is 4. The van der Waals surface area contributed by atoms with Crippen LogP contribution in [0.4, 0.5) is 0 Å². The van der Waals surface area contributed by atoms with Crippen molar-refractivity contribution in [2.24, 2.45) is 5.41 Å². The van der Waals surface area contributed by atoms with Crippen molar-refractivity contribution in [2.75, 3.05) is 0 Å². The highest BCUT2D eigenvalue weighted by Crippen LogP contribution is 2.50. The zero-order valence-corrected chi connectivity index (χ0v) is 11.5. The van der Waals surface area contributed by atoms with Crippen LogP contribution in [-0.2, 0) is 11.2 Å². The lowest BCUT2D eigenvalue weighted by Crippen LogP contribution is -2.38. The van der Waals surface area contributed by atoms with Gasteiger partial charge in [-0.25, -0.2) is 0 Å². The molecule has 0 heterocycles. The lowest BCUT2D eigenvalue weighted by atomic mass is 9.61. The van der Waals surface area contributed by atoms with Gasteiger partial charge in [0.05, 0.1) is 5.56 Å². The molecule has 0 spiro atoms. The van der Waals surface area contributed by atoms with Crippen LogP contribution in [0.3, 0.4) is 0 Å². The maximum atomic E-state index is 12.7. The number of hydrogen-bond donors (Lipinski definition) is 2. The molecular weight excluding hydrogens is 256 g/mol. The molecule has 20 heavy (non-hydrogen) atoms. The van der Waals surface area contributed by atoms with E-state index in [9.17, 15) is 19.8 Å². The Morgan fingerprint density at radius 2 is 1.80 bits per heavy atom. The van der Waals surface area contributed by atoms with Crippen LogP contribution in [0.5, 0.6) is 11.5 Å². The van der Waals surface area contributed by atoms with Crippen LogP contribution in [0.15, 0.2) is 23.3 Å². The molecule has 2 aliphatic rings. The molecule has 2 aliphatic carbocycles. The Hall–Kier alpha value is -2.10. The van der Waals surface area contributed by atoms with Crippen molar-refractivity contribution < 1.29 is 19.8 Å². The van der Waals surface area contributed by atoms with Crippen molar-refractivity contribution in [3.63, 3.8) is 0 Å². The normalized spacial score (nSPS) is 25.5. The number of allylic oxidation sites excluding steroid dienone is 2. The van der Waals surface area contributed by atoms with Gasteiger partial charge in [-0.2, -0.15) is 0 Å². The maximum absolute atomic E-state index is 12.7. The summed E-state index contributed by atoms with van der Waals surface area (Å²) in [7, 11) is 0. The minimum atomic E-state index is -0.437. The van der Waals surface area contributed by atoms with Gasteiger partial charge in [0.1, 0.15) is 11.5 Å².